The molecule has 2 aromatic rings. The van der Waals surface area contributed by atoms with Crippen molar-refractivity contribution in [2.45, 2.75) is 89.1 Å². The van der Waals surface area contributed by atoms with Crippen LogP contribution in [0.1, 0.15) is 98.5 Å². The Hall–Kier alpha value is -1.64. The zero-order chi connectivity index (χ0) is 24.8. The Balaban J connectivity index is 1.84. The molecule has 0 heterocycles. The van der Waals surface area contributed by atoms with Crippen LogP contribution in [0.15, 0.2) is 42.5 Å². The van der Waals surface area contributed by atoms with E-state index in [0.717, 1.165) is 35.1 Å². The Morgan fingerprint density at radius 2 is 1.49 bits per heavy atom. The first-order valence-electron chi connectivity index (χ1n) is 13.4. The summed E-state index contributed by atoms with van der Waals surface area (Å²) in [6, 6.07) is 14.2. The maximum absolute atomic E-state index is 13.7. The van der Waals surface area contributed by atoms with Crippen LogP contribution in [-0.2, 0) is 14.5 Å². The molecule has 2 saturated carbocycles. The number of hydrogen-bond acceptors (Lipinski definition) is 3. The number of rotatable bonds is 8. The number of hydrogen-bond donors (Lipinski definition) is 1. The van der Waals surface area contributed by atoms with E-state index in [2.05, 4.69) is 25.1 Å². The normalized spacial score (nSPS) is 18.3. The highest BCUT2D eigenvalue weighted by Gasteiger charge is 2.52. The average Bonchev–Trinajstić information content (AvgIpc) is 2.89. The standard InChI is InChI=1S/C30H39O3PS/c1-22-11-9-10-16-26(22)28-19-25(17-18-27(28)29(31)33-2)30(34(32)35,20-23-12-5-3-6-13-23)21-24-14-7-4-8-15-24/h9-11,16-19,23-24H,3-8,12-15,20-21H2,1-2H3/p+1. The highest BCUT2D eigenvalue weighted by molar-refractivity contribution is 8.40. The highest BCUT2D eigenvalue weighted by Crippen LogP contribution is 2.60. The molecule has 1 unspecified atom stereocenters. The number of carbonyl (C=O) groups excluding carboxylic acids is 1. The van der Waals surface area contributed by atoms with Crippen LogP contribution in [0.3, 0.4) is 0 Å². The van der Waals surface area contributed by atoms with E-state index in [1.807, 2.05) is 24.3 Å². The van der Waals surface area contributed by atoms with E-state index in [9.17, 15) is 9.36 Å². The third-order valence-electron chi connectivity index (χ3n) is 8.47. The molecule has 0 spiro atoms. The van der Waals surface area contributed by atoms with Crippen molar-refractivity contribution in [2.75, 3.05) is 7.11 Å². The molecule has 0 aliphatic heterocycles. The summed E-state index contributed by atoms with van der Waals surface area (Å²) < 4.78 is 18.9. The van der Waals surface area contributed by atoms with Crippen molar-refractivity contribution in [3.63, 3.8) is 0 Å². The van der Waals surface area contributed by atoms with Gasteiger partial charge in [-0.3, -0.25) is 0 Å². The minimum absolute atomic E-state index is 0.338. The van der Waals surface area contributed by atoms with E-state index in [0.29, 0.717) is 17.4 Å². The molecule has 0 amide bonds. The van der Waals surface area contributed by atoms with Gasteiger partial charge in [0.25, 0.3) is 0 Å². The second-order valence-electron chi connectivity index (χ2n) is 10.8. The Labute approximate surface area is 217 Å². The van der Waals surface area contributed by atoms with Gasteiger partial charge < -0.3 is 4.74 Å². The van der Waals surface area contributed by atoms with Crippen LogP contribution in [0.2, 0.25) is 0 Å². The van der Waals surface area contributed by atoms with Crippen molar-refractivity contribution < 1.29 is 14.1 Å². The Kier molecular flexibility index (Phi) is 9.11. The number of esters is 1. The van der Waals surface area contributed by atoms with Gasteiger partial charge in [-0.25, -0.2) is 4.79 Å². The van der Waals surface area contributed by atoms with Gasteiger partial charge in [-0.2, -0.15) is 0 Å². The molecular weight excluding hydrogens is 471 g/mol. The van der Waals surface area contributed by atoms with Gasteiger partial charge in [0.1, 0.15) is 12.2 Å². The van der Waals surface area contributed by atoms with Gasteiger partial charge >= 0.3 is 13.0 Å². The predicted octanol–water partition coefficient (Wildman–Crippen LogP) is 9.26. The van der Waals surface area contributed by atoms with Crippen molar-refractivity contribution in [3.05, 3.63) is 59.2 Å². The average molecular weight is 512 g/mol. The van der Waals surface area contributed by atoms with Crippen molar-refractivity contribution >= 4 is 25.2 Å². The van der Waals surface area contributed by atoms with E-state index in [-0.39, 0.29) is 5.97 Å². The predicted molar refractivity (Wildman–Crippen MR) is 149 cm³/mol. The Morgan fingerprint density at radius 3 is 2.00 bits per heavy atom. The molecule has 4 rings (SSSR count). The lowest BCUT2D eigenvalue weighted by atomic mass is 9.73. The highest BCUT2D eigenvalue weighted by atomic mass is 32.7. The van der Waals surface area contributed by atoms with Crippen LogP contribution in [0, 0.1) is 18.8 Å². The smallest absolute Gasteiger partial charge is 0.418 e. The Morgan fingerprint density at radius 1 is 0.914 bits per heavy atom. The summed E-state index contributed by atoms with van der Waals surface area (Å²) in [5.41, 5.74) is 4.64. The van der Waals surface area contributed by atoms with Crippen LogP contribution in [0.5, 0.6) is 0 Å². The summed E-state index contributed by atoms with van der Waals surface area (Å²) in [5.74, 6) is 0.830. The molecular formula is C30H40O3PS+. The van der Waals surface area contributed by atoms with Gasteiger partial charge in [-0.05, 0) is 47.6 Å². The first kappa shape index (κ1) is 26.4. The number of methoxy groups -OCH3 is 1. The molecule has 0 saturated heterocycles. The fourth-order valence-corrected chi connectivity index (χ4v) is 8.57. The van der Waals surface area contributed by atoms with E-state index in [4.69, 9.17) is 17.0 Å². The lowest BCUT2D eigenvalue weighted by Crippen LogP contribution is -2.29. The van der Waals surface area contributed by atoms with Crippen LogP contribution in [0.4, 0.5) is 0 Å². The van der Waals surface area contributed by atoms with Crippen molar-refractivity contribution in [1.29, 1.82) is 0 Å². The van der Waals surface area contributed by atoms with Crippen LogP contribution < -0.4 is 0 Å². The third kappa shape index (κ3) is 6.03. The van der Waals surface area contributed by atoms with Gasteiger partial charge in [0, 0.05) is 18.4 Å². The quantitative estimate of drug-likeness (QED) is 0.218. The van der Waals surface area contributed by atoms with E-state index in [1.54, 1.807) is 0 Å². The first-order chi connectivity index (χ1) is 16.9. The minimum atomic E-state index is -1.76. The molecule has 0 N–H and O–H groups in total. The second-order valence-corrected chi connectivity index (χ2v) is 13.3. The molecule has 2 aromatic carbocycles. The van der Waals surface area contributed by atoms with Gasteiger partial charge in [-0.1, -0.05) is 99.1 Å². The summed E-state index contributed by atoms with van der Waals surface area (Å²) >= 11 is 4.73. The molecule has 2 aliphatic rings. The lowest BCUT2D eigenvalue weighted by molar-refractivity contribution is 0.0601. The largest absolute Gasteiger partial charge is 0.465 e. The molecule has 188 valence electrons. The molecule has 0 bridgehead atoms. The second kappa shape index (κ2) is 12.1. The zero-order valence-electron chi connectivity index (χ0n) is 21.3. The molecule has 5 heteroatoms. The Bertz CT molecular complexity index is 1020. The molecule has 2 fully saturated rings. The van der Waals surface area contributed by atoms with Crippen LogP contribution >= 0.6 is 19.3 Å². The molecule has 0 radical (unpaired) electrons. The fraction of sp³-hybridized carbons (Fsp3) is 0.567. The number of thiol groups is 1. The molecule has 2 aliphatic carbocycles. The topological polar surface area (TPSA) is 43.4 Å². The number of benzene rings is 2. The maximum Gasteiger partial charge on any atom is 0.418 e. The summed E-state index contributed by atoms with van der Waals surface area (Å²) in [4.78, 5) is 12.8. The van der Waals surface area contributed by atoms with Crippen molar-refractivity contribution in [3.8, 4) is 11.1 Å². The van der Waals surface area contributed by atoms with E-state index in [1.165, 1.54) is 71.3 Å². The minimum Gasteiger partial charge on any atom is -0.465 e. The van der Waals surface area contributed by atoms with Gasteiger partial charge in [0.15, 0.2) is 0 Å². The molecule has 0 aromatic heterocycles. The zero-order valence-corrected chi connectivity index (χ0v) is 23.1. The molecule has 3 nitrogen and oxygen atoms in total. The molecule has 35 heavy (non-hydrogen) atoms. The summed E-state index contributed by atoms with van der Waals surface area (Å²) in [5, 5.41) is -0.478. The number of ether oxygens (including phenoxy) is 1. The summed E-state index contributed by atoms with van der Waals surface area (Å²) in [7, 11) is -0.334. The van der Waals surface area contributed by atoms with E-state index >= 15 is 0 Å². The fourth-order valence-electron chi connectivity index (χ4n) is 6.54. The van der Waals surface area contributed by atoms with Gasteiger partial charge in [0.05, 0.1) is 12.7 Å². The monoisotopic (exact) mass is 511 g/mol. The van der Waals surface area contributed by atoms with Crippen molar-refractivity contribution in [1.82, 2.24) is 0 Å². The lowest BCUT2D eigenvalue weighted by Gasteiger charge is -2.34. The summed E-state index contributed by atoms with van der Waals surface area (Å²) in [6.07, 6.45) is 14.4. The molecule has 1 atom stereocenters. The van der Waals surface area contributed by atoms with Crippen LogP contribution in [0.25, 0.3) is 11.1 Å². The van der Waals surface area contributed by atoms with Crippen LogP contribution in [-0.4, -0.2) is 13.1 Å². The first-order valence-corrected chi connectivity index (χ1v) is 15.8. The SMILES string of the molecule is COC(=O)c1ccc(C(CC2CCCCC2)(CC2CCCCC2)[P+](=O)S)cc1-c1ccccc1C. The summed E-state index contributed by atoms with van der Waals surface area (Å²) in [6.45, 7) is 2.07. The van der Waals surface area contributed by atoms with E-state index < -0.39 is 12.2 Å². The van der Waals surface area contributed by atoms with Gasteiger partial charge in [0.2, 0.25) is 5.16 Å². The number of carbonyl (C=O) groups is 1. The number of aryl methyl sites for hydroxylation is 1. The maximum atomic E-state index is 13.7. The van der Waals surface area contributed by atoms with Gasteiger partial charge in [-0.15, -0.1) is 0 Å². The van der Waals surface area contributed by atoms with Crippen molar-refractivity contribution in [2.24, 2.45) is 11.8 Å². The third-order valence-corrected chi connectivity index (χ3v) is 11.0.